The molecule has 0 spiro atoms. The molecule has 3 N–H and O–H groups in total. The van der Waals surface area contributed by atoms with Crippen LogP contribution in [0.15, 0.2) is 24.3 Å². The Balaban J connectivity index is 2.43. The lowest BCUT2D eigenvalue weighted by atomic mass is 10.0. The van der Waals surface area contributed by atoms with Gasteiger partial charge in [-0.25, -0.2) is 0 Å². The Labute approximate surface area is 120 Å². The molecule has 0 heterocycles. The number of carbonyl (C=O) groups is 2. The molecule has 0 bridgehead atoms. The molecular weight excluding hydrogens is 254 g/mol. The van der Waals surface area contributed by atoms with E-state index in [0.717, 1.165) is 11.4 Å². The smallest absolute Gasteiger partial charge is 0.293 e. The van der Waals surface area contributed by atoms with Crippen LogP contribution >= 0.6 is 0 Å². The van der Waals surface area contributed by atoms with Crippen molar-refractivity contribution in [2.45, 2.75) is 33.2 Å². The summed E-state index contributed by atoms with van der Waals surface area (Å²) < 4.78 is 0. The maximum absolute atomic E-state index is 11.5. The molecule has 5 nitrogen and oxygen atoms in total. The summed E-state index contributed by atoms with van der Waals surface area (Å²) in [5.41, 5.74) is 7.15. The van der Waals surface area contributed by atoms with E-state index in [1.807, 2.05) is 7.05 Å². The van der Waals surface area contributed by atoms with Crippen molar-refractivity contribution < 1.29 is 14.5 Å². The number of hydrazine groups is 1. The monoisotopic (exact) mass is 278 g/mol. The van der Waals surface area contributed by atoms with Gasteiger partial charge in [0.05, 0.1) is 7.05 Å². The number of carbonyl (C=O) groups excluding carboxylic acids is 2. The summed E-state index contributed by atoms with van der Waals surface area (Å²) in [6.07, 6.45) is 0. The van der Waals surface area contributed by atoms with E-state index in [4.69, 9.17) is 0 Å². The molecule has 0 aromatic heterocycles. The van der Waals surface area contributed by atoms with Gasteiger partial charge >= 0.3 is 0 Å². The minimum absolute atomic E-state index is 0.198. The van der Waals surface area contributed by atoms with E-state index >= 15 is 0 Å². The largest absolute Gasteiger partial charge is 0.326 e. The van der Waals surface area contributed by atoms with E-state index in [1.165, 1.54) is 18.1 Å². The molecule has 2 amide bonds. The van der Waals surface area contributed by atoms with Gasteiger partial charge in [-0.2, -0.15) is 0 Å². The molecule has 0 saturated carbocycles. The van der Waals surface area contributed by atoms with Crippen LogP contribution in [-0.2, 0) is 16.1 Å². The topological polar surface area (TPSA) is 62.6 Å². The Morgan fingerprint density at radius 1 is 1.15 bits per heavy atom. The second-order valence-corrected chi connectivity index (χ2v) is 5.44. The zero-order valence-corrected chi connectivity index (χ0v) is 12.6. The highest BCUT2D eigenvalue weighted by molar-refractivity contribution is 5.81. The van der Waals surface area contributed by atoms with Gasteiger partial charge in [-0.1, -0.05) is 38.1 Å². The SMILES string of the molecule is CC(=O)NNC(=O)C[NH+](C)Cc1ccc(C(C)C)cc1. The average Bonchev–Trinajstić information content (AvgIpc) is 2.36. The van der Waals surface area contributed by atoms with Gasteiger partial charge in [0.2, 0.25) is 5.91 Å². The summed E-state index contributed by atoms with van der Waals surface area (Å²) in [6.45, 7) is 6.77. The first kappa shape index (κ1) is 16.2. The summed E-state index contributed by atoms with van der Waals surface area (Å²) in [4.78, 5) is 23.3. The number of hydrogen-bond acceptors (Lipinski definition) is 2. The number of benzene rings is 1. The maximum atomic E-state index is 11.5. The number of nitrogens with one attached hydrogen (secondary N) is 3. The van der Waals surface area contributed by atoms with E-state index in [9.17, 15) is 9.59 Å². The zero-order chi connectivity index (χ0) is 15.1. The third-order valence-electron chi connectivity index (χ3n) is 2.99. The predicted molar refractivity (Wildman–Crippen MR) is 77.9 cm³/mol. The number of quaternary nitrogens is 1. The fourth-order valence-electron chi connectivity index (χ4n) is 1.91. The van der Waals surface area contributed by atoms with Gasteiger partial charge in [0.25, 0.3) is 5.91 Å². The molecule has 0 aliphatic rings. The normalized spacial score (nSPS) is 12.1. The second kappa shape index (κ2) is 7.65. The van der Waals surface area contributed by atoms with Crippen LogP contribution in [0.3, 0.4) is 0 Å². The second-order valence-electron chi connectivity index (χ2n) is 5.44. The average molecular weight is 278 g/mol. The minimum Gasteiger partial charge on any atom is -0.326 e. The molecule has 0 fully saturated rings. The third kappa shape index (κ3) is 5.84. The molecule has 1 atom stereocenters. The van der Waals surface area contributed by atoms with Gasteiger partial charge in [0, 0.05) is 12.5 Å². The van der Waals surface area contributed by atoms with Crippen LogP contribution in [0.5, 0.6) is 0 Å². The first-order valence-electron chi connectivity index (χ1n) is 6.84. The first-order chi connectivity index (χ1) is 9.38. The molecule has 0 radical (unpaired) electrons. The van der Waals surface area contributed by atoms with Crippen molar-refractivity contribution in [1.29, 1.82) is 0 Å². The van der Waals surface area contributed by atoms with E-state index in [1.54, 1.807) is 0 Å². The van der Waals surface area contributed by atoms with Gasteiger partial charge in [-0.05, 0) is 11.5 Å². The number of likely N-dealkylation sites (N-methyl/N-ethyl adjacent to an activating group) is 1. The third-order valence-corrected chi connectivity index (χ3v) is 2.99. The highest BCUT2D eigenvalue weighted by atomic mass is 16.2. The summed E-state index contributed by atoms with van der Waals surface area (Å²) >= 11 is 0. The molecule has 20 heavy (non-hydrogen) atoms. The van der Waals surface area contributed by atoms with Gasteiger partial charge < -0.3 is 4.90 Å². The number of rotatable bonds is 5. The Bertz CT molecular complexity index is 455. The minimum atomic E-state index is -0.278. The van der Waals surface area contributed by atoms with Crippen molar-refractivity contribution >= 4 is 11.8 Å². The van der Waals surface area contributed by atoms with Crippen LogP contribution in [0.25, 0.3) is 0 Å². The summed E-state index contributed by atoms with van der Waals surface area (Å²) in [7, 11) is 1.95. The van der Waals surface area contributed by atoms with Gasteiger partial charge in [-0.15, -0.1) is 0 Å². The van der Waals surface area contributed by atoms with Crippen molar-refractivity contribution in [3.8, 4) is 0 Å². The van der Waals surface area contributed by atoms with Crippen molar-refractivity contribution in [1.82, 2.24) is 10.9 Å². The van der Waals surface area contributed by atoms with Crippen LogP contribution in [0.2, 0.25) is 0 Å². The summed E-state index contributed by atoms with van der Waals surface area (Å²) in [5.74, 6) is 0.0503. The van der Waals surface area contributed by atoms with Gasteiger partial charge in [-0.3, -0.25) is 20.4 Å². The van der Waals surface area contributed by atoms with E-state index in [2.05, 4.69) is 49.0 Å². The molecule has 1 aromatic carbocycles. The van der Waals surface area contributed by atoms with Crippen molar-refractivity contribution in [3.63, 3.8) is 0 Å². The fourth-order valence-corrected chi connectivity index (χ4v) is 1.91. The van der Waals surface area contributed by atoms with Crippen molar-refractivity contribution in [2.24, 2.45) is 0 Å². The van der Waals surface area contributed by atoms with Crippen LogP contribution in [-0.4, -0.2) is 25.4 Å². The molecular formula is C15H24N3O2+. The Morgan fingerprint density at radius 2 is 1.75 bits per heavy atom. The number of amides is 2. The van der Waals surface area contributed by atoms with Crippen LogP contribution in [0.1, 0.15) is 37.8 Å². The molecule has 1 aromatic rings. The molecule has 0 saturated heterocycles. The Hall–Kier alpha value is -1.88. The van der Waals surface area contributed by atoms with Gasteiger partial charge in [0.15, 0.2) is 6.54 Å². The lowest BCUT2D eigenvalue weighted by Crippen LogP contribution is -3.09. The van der Waals surface area contributed by atoms with E-state index in [-0.39, 0.29) is 11.8 Å². The summed E-state index contributed by atoms with van der Waals surface area (Å²) in [5, 5.41) is 0. The van der Waals surface area contributed by atoms with Crippen molar-refractivity contribution in [3.05, 3.63) is 35.4 Å². The molecule has 5 heteroatoms. The van der Waals surface area contributed by atoms with Gasteiger partial charge in [0.1, 0.15) is 6.54 Å². The molecule has 110 valence electrons. The van der Waals surface area contributed by atoms with Crippen LogP contribution < -0.4 is 15.8 Å². The van der Waals surface area contributed by atoms with E-state index < -0.39 is 0 Å². The van der Waals surface area contributed by atoms with Crippen molar-refractivity contribution in [2.75, 3.05) is 13.6 Å². The highest BCUT2D eigenvalue weighted by Gasteiger charge is 2.10. The van der Waals surface area contributed by atoms with Crippen LogP contribution in [0.4, 0.5) is 0 Å². The summed E-state index contributed by atoms with van der Waals surface area (Å²) in [6, 6.07) is 8.46. The lowest BCUT2D eigenvalue weighted by molar-refractivity contribution is -0.885. The lowest BCUT2D eigenvalue weighted by Gasteiger charge is -2.14. The zero-order valence-electron chi connectivity index (χ0n) is 12.6. The first-order valence-corrected chi connectivity index (χ1v) is 6.84. The Morgan fingerprint density at radius 3 is 2.25 bits per heavy atom. The quantitative estimate of drug-likeness (QED) is 0.664. The standard InChI is InChI=1S/C15H23N3O2/c1-11(2)14-7-5-13(6-8-14)9-18(4)10-15(20)17-16-12(3)19/h5-8,11H,9-10H2,1-4H3,(H,16,19)(H,17,20)/p+1. The highest BCUT2D eigenvalue weighted by Crippen LogP contribution is 2.14. The molecule has 0 aliphatic heterocycles. The number of hydrogen-bond donors (Lipinski definition) is 3. The predicted octanol–water partition coefficient (Wildman–Crippen LogP) is -0.00800. The van der Waals surface area contributed by atoms with Crippen LogP contribution in [0, 0.1) is 0 Å². The fraction of sp³-hybridized carbons (Fsp3) is 0.467. The Kier molecular flexibility index (Phi) is 6.18. The molecule has 1 unspecified atom stereocenters. The maximum Gasteiger partial charge on any atom is 0.293 e. The molecule has 1 rings (SSSR count). The van der Waals surface area contributed by atoms with E-state index in [0.29, 0.717) is 12.5 Å². The molecule has 0 aliphatic carbocycles.